The third-order valence-electron chi connectivity index (χ3n) is 4.73. The quantitative estimate of drug-likeness (QED) is 0.891. The number of aromatic nitrogens is 1. The molecule has 0 amide bonds. The topological polar surface area (TPSA) is 28.2 Å². The molecular formula is C17H29N3. The van der Waals surface area contributed by atoms with E-state index in [0.717, 1.165) is 37.7 Å². The van der Waals surface area contributed by atoms with E-state index >= 15 is 0 Å². The standard InChI is InChI=1S/C17H29N3/c1-5-17(4)7-9-20(10-8-17)16-12-15(13-18-6-2)11-14(3)19-16/h11-12,18H,5-10,13H2,1-4H3. The van der Waals surface area contributed by atoms with Crippen molar-refractivity contribution in [2.45, 2.75) is 53.5 Å². The smallest absolute Gasteiger partial charge is 0.129 e. The third-order valence-corrected chi connectivity index (χ3v) is 4.73. The summed E-state index contributed by atoms with van der Waals surface area (Å²) in [4.78, 5) is 7.20. The fraction of sp³-hybridized carbons (Fsp3) is 0.706. The summed E-state index contributed by atoms with van der Waals surface area (Å²) < 4.78 is 0. The van der Waals surface area contributed by atoms with E-state index in [4.69, 9.17) is 4.98 Å². The Kier molecular flexibility index (Phi) is 5.03. The van der Waals surface area contributed by atoms with Crippen LogP contribution in [0.15, 0.2) is 12.1 Å². The van der Waals surface area contributed by atoms with Gasteiger partial charge in [-0.25, -0.2) is 4.98 Å². The van der Waals surface area contributed by atoms with Crippen LogP contribution >= 0.6 is 0 Å². The monoisotopic (exact) mass is 275 g/mol. The molecular weight excluding hydrogens is 246 g/mol. The number of hydrogen-bond donors (Lipinski definition) is 1. The van der Waals surface area contributed by atoms with Gasteiger partial charge in [-0.3, -0.25) is 0 Å². The van der Waals surface area contributed by atoms with Crippen molar-refractivity contribution in [3.05, 3.63) is 23.4 Å². The zero-order valence-corrected chi connectivity index (χ0v) is 13.5. The van der Waals surface area contributed by atoms with Crippen molar-refractivity contribution in [3.8, 4) is 0 Å². The van der Waals surface area contributed by atoms with E-state index in [1.54, 1.807) is 0 Å². The molecule has 0 atom stereocenters. The fourth-order valence-electron chi connectivity index (χ4n) is 2.88. The fourth-order valence-corrected chi connectivity index (χ4v) is 2.88. The summed E-state index contributed by atoms with van der Waals surface area (Å²) in [6, 6.07) is 4.44. The molecule has 2 heterocycles. The number of pyridine rings is 1. The van der Waals surface area contributed by atoms with Crippen LogP contribution in [-0.2, 0) is 6.54 Å². The Labute approximate surface area is 123 Å². The van der Waals surface area contributed by atoms with Gasteiger partial charge in [0.2, 0.25) is 0 Å². The molecule has 0 radical (unpaired) electrons. The normalized spacial score (nSPS) is 18.3. The van der Waals surface area contributed by atoms with Crippen molar-refractivity contribution in [1.82, 2.24) is 10.3 Å². The zero-order valence-electron chi connectivity index (χ0n) is 13.5. The summed E-state index contributed by atoms with van der Waals surface area (Å²) >= 11 is 0. The first-order valence-corrected chi connectivity index (χ1v) is 7.99. The summed E-state index contributed by atoms with van der Waals surface area (Å²) in [6.45, 7) is 13.2. The Morgan fingerprint density at radius 3 is 2.55 bits per heavy atom. The van der Waals surface area contributed by atoms with Crippen LogP contribution in [0.2, 0.25) is 0 Å². The second kappa shape index (κ2) is 6.57. The minimum atomic E-state index is 0.535. The molecule has 2 rings (SSSR count). The van der Waals surface area contributed by atoms with E-state index in [1.165, 1.54) is 24.8 Å². The molecule has 20 heavy (non-hydrogen) atoms. The van der Waals surface area contributed by atoms with Crippen molar-refractivity contribution < 1.29 is 0 Å². The molecule has 0 spiro atoms. The van der Waals surface area contributed by atoms with Gasteiger partial charge >= 0.3 is 0 Å². The van der Waals surface area contributed by atoms with Crippen LogP contribution < -0.4 is 10.2 Å². The van der Waals surface area contributed by atoms with Gasteiger partial charge in [0.05, 0.1) is 0 Å². The molecule has 0 unspecified atom stereocenters. The van der Waals surface area contributed by atoms with Gasteiger partial charge < -0.3 is 10.2 Å². The predicted octanol–water partition coefficient (Wildman–Crippen LogP) is 3.52. The Morgan fingerprint density at radius 1 is 1.25 bits per heavy atom. The molecule has 0 aliphatic carbocycles. The predicted molar refractivity (Wildman–Crippen MR) is 86.2 cm³/mol. The first-order chi connectivity index (χ1) is 9.56. The van der Waals surface area contributed by atoms with Gasteiger partial charge in [0.15, 0.2) is 0 Å². The van der Waals surface area contributed by atoms with Gasteiger partial charge in [-0.15, -0.1) is 0 Å². The molecule has 0 bridgehead atoms. The Balaban J connectivity index is 2.07. The van der Waals surface area contributed by atoms with Gasteiger partial charge in [0, 0.05) is 25.3 Å². The summed E-state index contributed by atoms with van der Waals surface area (Å²) in [5.41, 5.74) is 3.00. The molecule has 3 nitrogen and oxygen atoms in total. The Bertz CT molecular complexity index is 434. The highest BCUT2D eigenvalue weighted by molar-refractivity contribution is 5.43. The second-order valence-corrected chi connectivity index (χ2v) is 6.41. The van der Waals surface area contributed by atoms with Gasteiger partial charge in [-0.05, 0) is 49.4 Å². The molecule has 1 aliphatic heterocycles. The van der Waals surface area contributed by atoms with Crippen LogP contribution in [0.3, 0.4) is 0 Å². The van der Waals surface area contributed by atoms with E-state index in [2.05, 4.69) is 50.0 Å². The SMILES string of the molecule is CCNCc1cc(C)nc(N2CCC(C)(CC)CC2)c1. The summed E-state index contributed by atoms with van der Waals surface area (Å²) in [5, 5.41) is 3.40. The van der Waals surface area contributed by atoms with Gasteiger partial charge in [0.25, 0.3) is 0 Å². The van der Waals surface area contributed by atoms with Crippen LogP contribution in [-0.4, -0.2) is 24.6 Å². The van der Waals surface area contributed by atoms with Gasteiger partial charge in [-0.1, -0.05) is 27.2 Å². The van der Waals surface area contributed by atoms with E-state index in [-0.39, 0.29) is 0 Å². The van der Waals surface area contributed by atoms with Gasteiger partial charge in [0.1, 0.15) is 5.82 Å². The van der Waals surface area contributed by atoms with Crippen LogP contribution in [0.5, 0.6) is 0 Å². The molecule has 0 aromatic carbocycles. The first-order valence-electron chi connectivity index (χ1n) is 7.99. The van der Waals surface area contributed by atoms with E-state index < -0.39 is 0 Å². The van der Waals surface area contributed by atoms with Crippen LogP contribution in [0.25, 0.3) is 0 Å². The lowest BCUT2D eigenvalue weighted by Gasteiger charge is -2.39. The Hall–Kier alpha value is -1.09. The maximum Gasteiger partial charge on any atom is 0.129 e. The Morgan fingerprint density at radius 2 is 1.95 bits per heavy atom. The lowest BCUT2D eigenvalue weighted by atomic mass is 9.78. The minimum Gasteiger partial charge on any atom is -0.357 e. The van der Waals surface area contributed by atoms with Crippen LogP contribution in [0.4, 0.5) is 5.82 Å². The molecule has 1 aromatic rings. The number of aryl methyl sites for hydroxylation is 1. The highest BCUT2D eigenvalue weighted by Gasteiger charge is 2.28. The van der Waals surface area contributed by atoms with Crippen molar-refractivity contribution in [3.63, 3.8) is 0 Å². The highest BCUT2D eigenvalue weighted by atomic mass is 15.2. The first kappa shape index (κ1) is 15.3. The molecule has 1 aromatic heterocycles. The zero-order chi connectivity index (χ0) is 14.6. The van der Waals surface area contributed by atoms with Crippen molar-refractivity contribution in [2.24, 2.45) is 5.41 Å². The largest absolute Gasteiger partial charge is 0.357 e. The average molecular weight is 275 g/mol. The van der Waals surface area contributed by atoms with Gasteiger partial charge in [-0.2, -0.15) is 0 Å². The average Bonchev–Trinajstić information content (AvgIpc) is 2.45. The summed E-state index contributed by atoms with van der Waals surface area (Å²) in [7, 11) is 0. The lowest BCUT2D eigenvalue weighted by molar-refractivity contribution is 0.238. The third kappa shape index (κ3) is 3.72. The summed E-state index contributed by atoms with van der Waals surface area (Å²) in [6.07, 6.45) is 3.84. The maximum absolute atomic E-state index is 4.74. The molecule has 0 saturated carbocycles. The highest BCUT2D eigenvalue weighted by Crippen LogP contribution is 2.35. The van der Waals surface area contributed by atoms with Crippen molar-refractivity contribution in [2.75, 3.05) is 24.5 Å². The number of hydrogen-bond acceptors (Lipinski definition) is 3. The van der Waals surface area contributed by atoms with Crippen LogP contribution in [0, 0.1) is 12.3 Å². The van der Waals surface area contributed by atoms with Crippen LogP contribution in [0.1, 0.15) is 51.3 Å². The van der Waals surface area contributed by atoms with Crippen molar-refractivity contribution in [1.29, 1.82) is 0 Å². The summed E-state index contributed by atoms with van der Waals surface area (Å²) in [5.74, 6) is 1.16. The molecule has 1 fully saturated rings. The number of anilines is 1. The number of rotatable bonds is 5. The molecule has 1 N–H and O–H groups in total. The van der Waals surface area contributed by atoms with E-state index in [0.29, 0.717) is 5.41 Å². The molecule has 112 valence electrons. The molecule has 1 saturated heterocycles. The second-order valence-electron chi connectivity index (χ2n) is 6.41. The number of nitrogens with zero attached hydrogens (tertiary/aromatic N) is 2. The minimum absolute atomic E-state index is 0.535. The maximum atomic E-state index is 4.74. The number of piperidine rings is 1. The number of nitrogens with one attached hydrogen (secondary N) is 1. The lowest BCUT2D eigenvalue weighted by Crippen LogP contribution is -2.39. The van der Waals surface area contributed by atoms with Crippen molar-refractivity contribution >= 4 is 5.82 Å². The molecule has 1 aliphatic rings. The molecule has 3 heteroatoms. The van der Waals surface area contributed by atoms with E-state index in [9.17, 15) is 0 Å². The van der Waals surface area contributed by atoms with E-state index in [1.807, 2.05) is 0 Å².